The molecule has 2 heterocycles. The molecule has 4 rings (SSSR count). The van der Waals surface area contributed by atoms with Crippen molar-refractivity contribution in [3.63, 3.8) is 0 Å². The van der Waals surface area contributed by atoms with E-state index in [9.17, 15) is 22.8 Å². The predicted molar refractivity (Wildman–Crippen MR) is 127 cm³/mol. The summed E-state index contributed by atoms with van der Waals surface area (Å²) in [7, 11) is 0. The monoisotopic (exact) mass is 504 g/mol. The smallest absolute Gasteiger partial charge is 0.416 e. The maximum absolute atomic E-state index is 13.3. The van der Waals surface area contributed by atoms with Gasteiger partial charge in [0.15, 0.2) is 0 Å². The number of nitrogens with zero attached hydrogens (tertiary/aromatic N) is 2. The topological polar surface area (TPSA) is 59.1 Å². The first-order valence-corrected chi connectivity index (χ1v) is 12.0. The minimum atomic E-state index is -4.46. The number of hydrogen-bond acceptors (Lipinski definition) is 5. The fraction of sp³-hybridized carbons (Fsp3) is 0.481. The SMILES string of the molecule is CC(C)(C)Oc1ccc(CN2CCN(C(=O)[C@H]3CC(=O)O[C@@H]3c3ccc(C(F)(F)F)cc3)CC2)cc1. The molecule has 6 nitrogen and oxygen atoms in total. The lowest BCUT2D eigenvalue weighted by Gasteiger charge is -2.36. The van der Waals surface area contributed by atoms with Crippen LogP contribution in [0.2, 0.25) is 0 Å². The van der Waals surface area contributed by atoms with Crippen LogP contribution in [0, 0.1) is 5.92 Å². The molecule has 2 aliphatic rings. The van der Waals surface area contributed by atoms with Crippen molar-refractivity contribution in [1.82, 2.24) is 9.80 Å². The average Bonchev–Trinajstić information content (AvgIpc) is 3.20. The minimum Gasteiger partial charge on any atom is -0.488 e. The lowest BCUT2D eigenvalue weighted by molar-refractivity contribution is -0.143. The van der Waals surface area contributed by atoms with Gasteiger partial charge in [0.2, 0.25) is 5.91 Å². The van der Waals surface area contributed by atoms with Gasteiger partial charge in [0.25, 0.3) is 0 Å². The Labute approximate surface area is 209 Å². The molecule has 0 unspecified atom stereocenters. The van der Waals surface area contributed by atoms with Crippen LogP contribution in [0.5, 0.6) is 5.75 Å². The third-order valence-electron chi connectivity index (χ3n) is 6.33. The fourth-order valence-corrected chi connectivity index (χ4v) is 4.57. The number of ether oxygens (including phenoxy) is 2. The Hall–Kier alpha value is -3.07. The van der Waals surface area contributed by atoms with Gasteiger partial charge in [-0.15, -0.1) is 0 Å². The quantitative estimate of drug-likeness (QED) is 0.546. The number of rotatable bonds is 5. The van der Waals surface area contributed by atoms with Crippen molar-refractivity contribution in [2.45, 2.75) is 51.6 Å². The maximum Gasteiger partial charge on any atom is 0.416 e. The lowest BCUT2D eigenvalue weighted by Crippen LogP contribution is -2.50. The lowest BCUT2D eigenvalue weighted by atomic mass is 9.93. The van der Waals surface area contributed by atoms with E-state index in [-0.39, 0.29) is 17.9 Å². The highest BCUT2D eigenvalue weighted by molar-refractivity contribution is 5.87. The van der Waals surface area contributed by atoms with Gasteiger partial charge in [0.1, 0.15) is 17.5 Å². The normalized spacial score (nSPS) is 21.4. The van der Waals surface area contributed by atoms with Gasteiger partial charge >= 0.3 is 12.1 Å². The maximum atomic E-state index is 13.3. The number of halogens is 3. The van der Waals surface area contributed by atoms with Crippen molar-refractivity contribution in [2.24, 2.45) is 5.92 Å². The second-order valence-corrected chi connectivity index (χ2v) is 10.3. The number of piperazine rings is 1. The number of cyclic esters (lactones) is 1. The Bertz CT molecular complexity index is 1070. The molecule has 0 radical (unpaired) electrons. The van der Waals surface area contributed by atoms with E-state index in [0.29, 0.717) is 31.7 Å². The number of benzene rings is 2. The molecule has 0 aliphatic carbocycles. The van der Waals surface area contributed by atoms with Crippen LogP contribution in [-0.4, -0.2) is 53.5 Å². The molecule has 2 saturated heterocycles. The van der Waals surface area contributed by atoms with E-state index in [0.717, 1.165) is 30.0 Å². The second kappa shape index (κ2) is 10.1. The van der Waals surface area contributed by atoms with Gasteiger partial charge in [-0.2, -0.15) is 13.2 Å². The summed E-state index contributed by atoms with van der Waals surface area (Å²) in [6.07, 6.45) is -5.41. The van der Waals surface area contributed by atoms with Crippen LogP contribution in [0.1, 0.15) is 50.0 Å². The first kappa shape index (κ1) is 26.0. The average molecular weight is 505 g/mol. The summed E-state index contributed by atoms with van der Waals surface area (Å²) in [6, 6.07) is 12.4. The highest BCUT2D eigenvalue weighted by Gasteiger charge is 2.43. The molecule has 194 valence electrons. The molecular weight excluding hydrogens is 473 g/mol. The zero-order valence-corrected chi connectivity index (χ0v) is 20.7. The van der Waals surface area contributed by atoms with Crippen molar-refractivity contribution >= 4 is 11.9 Å². The van der Waals surface area contributed by atoms with E-state index >= 15 is 0 Å². The largest absolute Gasteiger partial charge is 0.488 e. The molecule has 2 aromatic carbocycles. The number of hydrogen-bond donors (Lipinski definition) is 0. The summed E-state index contributed by atoms with van der Waals surface area (Å²) in [6.45, 7) is 9.12. The summed E-state index contributed by atoms with van der Waals surface area (Å²) >= 11 is 0. The molecule has 0 N–H and O–H groups in total. The number of carbonyl (C=O) groups is 2. The fourth-order valence-electron chi connectivity index (χ4n) is 4.57. The summed E-state index contributed by atoms with van der Waals surface area (Å²) in [5.74, 6) is -0.640. The van der Waals surface area contributed by atoms with Crippen LogP contribution in [0.25, 0.3) is 0 Å². The van der Waals surface area contributed by atoms with E-state index in [1.165, 1.54) is 12.1 Å². The van der Waals surface area contributed by atoms with Crippen LogP contribution in [-0.2, 0) is 27.0 Å². The first-order chi connectivity index (χ1) is 16.9. The van der Waals surface area contributed by atoms with Crippen molar-refractivity contribution in [3.05, 3.63) is 65.2 Å². The molecule has 0 aromatic heterocycles. The highest BCUT2D eigenvalue weighted by Crippen LogP contribution is 2.38. The zero-order valence-electron chi connectivity index (χ0n) is 20.7. The van der Waals surface area contributed by atoms with Crippen LogP contribution in [0.15, 0.2) is 48.5 Å². The Morgan fingerprint density at radius 2 is 1.58 bits per heavy atom. The molecular formula is C27H31F3N2O4. The van der Waals surface area contributed by atoms with Gasteiger partial charge in [-0.1, -0.05) is 24.3 Å². The summed E-state index contributed by atoms with van der Waals surface area (Å²) < 4.78 is 49.9. The molecule has 2 atom stereocenters. The van der Waals surface area contributed by atoms with E-state index < -0.39 is 29.7 Å². The number of carbonyl (C=O) groups excluding carboxylic acids is 2. The predicted octanol–water partition coefficient (Wildman–Crippen LogP) is 4.83. The van der Waals surface area contributed by atoms with Gasteiger partial charge in [-0.05, 0) is 56.2 Å². The van der Waals surface area contributed by atoms with Crippen LogP contribution >= 0.6 is 0 Å². The van der Waals surface area contributed by atoms with Crippen molar-refractivity contribution < 1.29 is 32.2 Å². The van der Waals surface area contributed by atoms with Gasteiger partial charge in [-0.3, -0.25) is 14.5 Å². The van der Waals surface area contributed by atoms with Crippen molar-refractivity contribution in [2.75, 3.05) is 26.2 Å². The molecule has 9 heteroatoms. The van der Waals surface area contributed by atoms with Crippen LogP contribution in [0.3, 0.4) is 0 Å². The Balaban J connectivity index is 1.33. The standard InChI is InChI=1S/C27H31F3N2O4/c1-26(2,3)36-21-10-4-18(5-11-21)17-31-12-14-32(15-13-31)25(34)22-16-23(33)35-24(22)19-6-8-20(9-7-19)27(28,29)30/h4-11,22,24H,12-17H2,1-3H3/t22-,24+/m0/s1. The van der Waals surface area contributed by atoms with Crippen molar-refractivity contribution in [3.8, 4) is 5.75 Å². The Morgan fingerprint density at radius 1 is 0.972 bits per heavy atom. The summed E-state index contributed by atoms with van der Waals surface area (Å²) in [5, 5.41) is 0. The number of alkyl halides is 3. The van der Waals surface area contributed by atoms with E-state index in [2.05, 4.69) is 4.90 Å². The first-order valence-electron chi connectivity index (χ1n) is 12.0. The molecule has 36 heavy (non-hydrogen) atoms. The Morgan fingerprint density at radius 3 is 2.14 bits per heavy atom. The molecule has 0 bridgehead atoms. The van der Waals surface area contributed by atoms with E-state index in [1.54, 1.807) is 4.90 Å². The summed E-state index contributed by atoms with van der Waals surface area (Å²) in [4.78, 5) is 29.2. The van der Waals surface area contributed by atoms with Gasteiger partial charge in [0, 0.05) is 32.7 Å². The van der Waals surface area contributed by atoms with Crippen molar-refractivity contribution in [1.29, 1.82) is 0 Å². The molecule has 0 saturated carbocycles. The van der Waals surface area contributed by atoms with E-state index in [4.69, 9.17) is 9.47 Å². The minimum absolute atomic E-state index is 0.0757. The molecule has 1 amide bonds. The van der Waals surface area contributed by atoms with Crippen LogP contribution in [0.4, 0.5) is 13.2 Å². The molecule has 2 aromatic rings. The van der Waals surface area contributed by atoms with Crippen LogP contribution < -0.4 is 4.74 Å². The molecule has 0 spiro atoms. The number of amides is 1. The van der Waals surface area contributed by atoms with Gasteiger partial charge < -0.3 is 14.4 Å². The Kier molecular flexibility index (Phi) is 7.31. The number of esters is 1. The van der Waals surface area contributed by atoms with Gasteiger partial charge in [-0.25, -0.2) is 0 Å². The summed E-state index contributed by atoms with van der Waals surface area (Å²) in [5.41, 5.74) is 0.495. The molecule has 2 aliphatic heterocycles. The molecule has 2 fully saturated rings. The van der Waals surface area contributed by atoms with E-state index in [1.807, 2.05) is 45.0 Å². The second-order valence-electron chi connectivity index (χ2n) is 10.3. The van der Waals surface area contributed by atoms with Gasteiger partial charge in [0.05, 0.1) is 17.9 Å². The third-order valence-corrected chi connectivity index (χ3v) is 6.33. The highest BCUT2D eigenvalue weighted by atomic mass is 19.4. The third kappa shape index (κ3) is 6.37. The zero-order chi connectivity index (χ0) is 26.1.